The fourth-order valence-corrected chi connectivity index (χ4v) is 4.21. The fourth-order valence-electron chi connectivity index (χ4n) is 4.21. The second kappa shape index (κ2) is 10.6. The van der Waals surface area contributed by atoms with E-state index < -0.39 is 24.0 Å². The number of hydrogen-bond acceptors (Lipinski definition) is 6. The van der Waals surface area contributed by atoms with E-state index in [4.69, 9.17) is 19.0 Å². The number of nitrogens with one attached hydrogen (secondary N) is 1. The zero-order valence-electron chi connectivity index (χ0n) is 20.0. The number of rotatable bonds is 9. The minimum absolute atomic E-state index is 0.000737. The summed E-state index contributed by atoms with van der Waals surface area (Å²) in [7, 11) is 0. The number of nitrogens with zero attached hydrogens (tertiary/aromatic N) is 1. The molecule has 7 nitrogen and oxygen atoms in total. The van der Waals surface area contributed by atoms with Crippen molar-refractivity contribution in [2.75, 3.05) is 6.54 Å². The molecule has 0 spiro atoms. The number of hydrogen-bond donors (Lipinski definition) is 2. The first-order valence-corrected chi connectivity index (χ1v) is 11.9. The van der Waals surface area contributed by atoms with E-state index in [1.807, 2.05) is 30.3 Å². The molecule has 1 aromatic heterocycles. The summed E-state index contributed by atoms with van der Waals surface area (Å²) in [6, 6.07) is 18.4. The van der Waals surface area contributed by atoms with Crippen molar-refractivity contribution in [2.45, 2.75) is 31.9 Å². The van der Waals surface area contributed by atoms with Crippen molar-refractivity contribution >= 4 is 17.1 Å². The van der Waals surface area contributed by atoms with Crippen LogP contribution in [0.2, 0.25) is 0 Å². The predicted molar refractivity (Wildman–Crippen MR) is 132 cm³/mol. The summed E-state index contributed by atoms with van der Waals surface area (Å²) < 4.78 is 59.5. The molecule has 4 aromatic rings. The number of carbonyl (C=O) groups is 1. The molecule has 38 heavy (non-hydrogen) atoms. The van der Waals surface area contributed by atoms with Crippen molar-refractivity contribution in [1.82, 2.24) is 10.3 Å². The quantitative estimate of drug-likeness (QED) is 0.252. The number of aliphatic carboxylic acids is 1. The lowest BCUT2D eigenvalue weighted by Crippen LogP contribution is -2.17. The van der Waals surface area contributed by atoms with Crippen LogP contribution in [0.1, 0.15) is 35.0 Å². The molecular weight excluding hydrogens is 501 g/mol. The summed E-state index contributed by atoms with van der Waals surface area (Å²) >= 11 is 0. The maximum Gasteiger partial charge on any atom is 0.416 e. The molecule has 0 fully saturated rings. The number of fused-ring (bicyclic) bond motifs is 1. The number of oxazole rings is 1. The molecule has 0 aliphatic carbocycles. The number of aromatic nitrogens is 1. The smallest absolute Gasteiger partial charge is 0.416 e. The number of ether oxygens (including phenoxy) is 2. The Kier molecular flexibility index (Phi) is 7.06. The van der Waals surface area contributed by atoms with E-state index in [2.05, 4.69) is 10.3 Å². The van der Waals surface area contributed by atoms with E-state index >= 15 is 0 Å². The van der Waals surface area contributed by atoms with Crippen LogP contribution in [0.3, 0.4) is 0 Å². The monoisotopic (exact) mass is 524 g/mol. The summed E-state index contributed by atoms with van der Waals surface area (Å²) in [5, 5.41) is 11.8. The van der Waals surface area contributed by atoms with Crippen LogP contribution >= 0.6 is 0 Å². The number of allylic oxidation sites excluding steroid dienone is 1. The van der Waals surface area contributed by atoms with Crippen molar-refractivity contribution in [3.8, 4) is 11.5 Å². The van der Waals surface area contributed by atoms with Gasteiger partial charge in [-0.25, -0.2) is 4.98 Å². The molecule has 5 rings (SSSR count). The van der Waals surface area contributed by atoms with Crippen molar-refractivity contribution in [3.05, 3.63) is 101 Å². The molecule has 0 bridgehead atoms. The van der Waals surface area contributed by atoms with Gasteiger partial charge in [-0.1, -0.05) is 42.5 Å². The number of benzene rings is 3. The Balaban J connectivity index is 1.44. The van der Waals surface area contributed by atoms with Crippen molar-refractivity contribution < 1.29 is 37.0 Å². The van der Waals surface area contributed by atoms with Gasteiger partial charge in [0, 0.05) is 25.1 Å². The largest absolute Gasteiger partial charge is 0.481 e. The van der Waals surface area contributed by atoms with Crippen LogP contribution in [0.4, 0.5) is 13.2 Å². The van der Waals surface area contributed by atoms with Gasteiger partial charge in [0.2, 0.25) is 5.89 Å². The lowest BCUT2D eigenvalue weighted by Gasteiger charge is -2.20. The fraction of sp³-hybridized carbons (Fsp3) is 0.214. The van der Waals surface area contributed by atoms with Gasteiger partial charge in [-0.3, -0.25) is 4.79 Å². The van der Waals surface area contributed by atoms with Crippen LogP contribution in [-0.2, 0) is 33.4 Å². The standard InChI is InChI=1S/C28H23F3N2O5/c29-28(30,31)21-8-4-7-20(25(21)27-36-16-19(37-27)13-17-5-2-1-3-6-17)26-33-22-10-9-18(14-23(22)38-26)15-32-12-11-24(34)35/h1-10,14,16,27,32H,11-13,15H2,(H,34,35). The molecule has 1 aliphatic heterocycles. The minimum atomic E-state index is -4.67. The highest BCUT2D eigenvalue weighted by molar-refractivity contribution is 5.78. The topological polar surface area (TPSA) is 93.8 Å². The van der Waals surface area contributed by atoms with Gasteiger partial charge >= 0.3 is 12.1 Å². The lowest BCUT2D eigenvalue weighted by atomic mass is 9.99. The first-order chi connectivity index (χ1) is 18.3. The van der Waals surface area contributed by atoms with E-state index in [-0.39, 0.29) is 23.4 Å². The van der Waals surface area contributed by atoms with Crippen LogP contribution in [0.5, 0.6) is 0 Å². The van der Waals surface area contributed by atoms with Gasteiger partial charge in [0.25, 0.3) is 6.29 Å². The van der Waals surface area contributed by atoms with Gasteiger partial charge in [0.15, 0.2) is 5.58 Å². The zero-order valence-corrected chi connectivity index (χ0v) is 20.0. The van der Waals surface area contributed by atoms with Crippen LogP contribution in [-0.4, -0.2) is 22.6 Å². The Bertz CT molecular complexity index is 1480. The Morgan fingerprint density at radius 2 is 1.84 bits per heavy atom. The maximum atomic E-state index is 14.1. The normalized spacial score (nSPS) is 15.2. The van der Waals surface area contributed by atoms with Gasteiger partial charge in [0.05, 0.1) is 17.5 Å². The maximum absolute atomic E-state index is 14.1. The first kappa shape index (κ1) is 25.3. The second-order valence-electron chi connectivity index (χ2n) is 8.74. The molecule has 1 unspecified atom stereocenters. The molecule has 0 saturated carbocycles. The summed E-state index contributed by atoms with van der Waals surface area (Å²) in [5.41, 5.74) is 1.58. The molecule has 1 aliphatic rings. The molecule has 0 radical (unpaired) electrons. The molecule has 196 valence electrons. The molecule has 10 heteroatoms. The summed E-state index contributed by atoms with van der Waals surface area (Å²) in [6.45, 7) is 0.692. The van der Waals surface area contributed by atoms with Gasteiger partial charge in [-0.2, -0.15) is 13.2 Å². The van der Waals surface area contributed by atoms with Crippen LogP contribution < -0.4 is 5.32 Å². The van der Waals surface area contributed by atoms with Crippen molar-refractivity contribution in [1.29, 1.82) is 0 Å². The van der Waals surface area contributed by atoms with Gasteiger partial charge in [0.1, 0.15) is 17.5 Å². The van der Waals surface area contributed by atoms with Crippen molar-refractivity contribution in [2.24, 2.45) is 0 Å². The minimum Gasteiger partial charge on any atom is -0.481 e. The molecule has 0 saturated heterocycles. The SMILES string of the molecule is O=C(O)CCNCc1ccc2nc(-c3cccc(C(F)(F)F)c3C3OC=C(Cc4ccccc4)O3)oc2c1. The van der Waals surface area contributed by atoms with E-state index in [1.165, 1.54) is 18.4 Å². The van der Waals surface area contributed by atoms with Gasteiger partial charge in [-0.15, -0.1) is 0 Å². The molecule has 1 atom stereocenters. The van der Waals surface area contributed by atoms with Gasteiger partial charge < -0.3 is 24.3 Å². The lowest BCUT2D eigenvalue weighted by molar-refractivity contribution is -0.142. The number of halogens is 3. The average Bonchev–Trinajstić information content (AvgIpc) is 3.53. The van der Waals surface area contributed by atoms with E-state index in [1.54, 1.807) is 18.2 Å². The Labute approximate surface area is 215 Å². The van der Waals surface area contributed by atoms with E-state index in [9.17, 15) is 18.0 Å². The third kappa shape index (κ3) is 5.65. The highest BCUT2D eigenvalue weighted by Crippen LogP contribution is 2.44. The highest BCUT2D eigenvalue weighted by atomic mass is 19.4. The Morgan fingerprint density at radius 3 is 2.61 bits per heavy atom. The predicted octanol–water partition coefficient (Wildman–Crippen LogP) is 6.21. The van der Waals surface area contributed by atoms with Crippen molar-refractivity contribution in [3.63, 3.8) is 0 Å². The Hall–Kier alpha value is -4.31. The summed E-state index contributed by atoms with van der Waals surface area (Å²) in [4.78, 5) is 15.1. The molecule has 0 amide bonds. The van der Waals surface area contributed by atoms with Crippen LogP contribution in [0.25, 0.3) is 22.6 Å². The summed E-state index contributed by atoms with van der Waals surface area (Å²) in [6.07, 6.45) is -4.30. The van der Waals surface area contributed by atoms with Gasteiger partial charge in [-0.05, 0) is 35.4 Å². The third-order valence-corrected chi connectivity index (χ3v) is 5.98. The van der Waals surface area contributed by atoms with Crippen LogP contribution in [0, 0.1) is 0 Å². The van der Waals surface area contributed by atoms with E-state index in [0.29, 0.717) is 36.4 Å². The molecule has 2 N–H and O–H groups in total. The third-order valence-electron chi connectivity index (χ3n) is 5.98. The molecule has 2 heterocycles. The molecule has 3 aromatic carbocycles. The van der Waals surface area contributed by atoms with E-state index in [0.717, 1.165) is 17.2 Å². The molecular formula is C28H23F3N2O5. The zero-order chi connectivity index (χ0) is 26.7. The highest BCUT2D eigenvalue weighted by Gasteiger charge is 2.40. The van der Waals surface area contributed by atoms with Crippen LogP contribution in [0.15, 0.2) is 83.2 Å². The first-order valence-electron chi connectivity index (χ1n) is 11.9. The number of carboxylic acid groups (broad SMARTS) is 1. The summed E-state index contributed by atoms with van der Waals surface area (Å²) in [5.74, 6) is -0.496. The number of alkyl halides is 3. The number of carboxylic acids is 1. The average molecular weight is 524 g/mol. The Morgan fingerprint density at radius 1 is 1.03 bits per heavy atom. The second-order valence-corrected chi connectivity index (χ2v) is 8.74.